The summed E-state index contributed by atoms with van der Waals surface area (Å²) in [7, 11) is 2.04. The number of hydrogen-bond donors (Lipinski definition) is 2. The van der Waals surface area contributed by atoms with Crippen LogP contribution in [-0.2, 0) is 25.4 Å². The first kappa shape index (κ1) is 22.4. The Hall–Kier alpha value is -3.39. The summed E-state index contributed by atoms with van der Waals surface area (Å²) in [5.74, 6) is 1.37. The van der Waals surface area contributed by atoms with Gasteiger partial charge in [-0.2, -0.15) is 4.98 Å². The van der Waals surface area contributed by atoms with E-state index in [1.165, 1.54) is 16.8 Å². The second-order valence-electron chi connectivity index (χ2n) is 10.4. The van der Waals surface area contributed by atoms with Gasteiger partial charge in [0.25, 0.3) is 5.56 Å². The molecular formula is C26H33N7O. The van der Waals surface area contributed by atoms with Gasteiger partial charge in [-0.25, -0.2) is 14.3 Å². The Balaban J connectivity index is 1.64. The van der Waals surface area contributed by atoms with E-state index in [1.54, 1.807) is 10.9 Å². The fourth-order valence-corrected chi connectivity index (χ4v) is 4.90. The lowest BCUT2D eigenvalue weighted by atomic mass is 9.92. The van der Waals surface area contributed by atoms with Crippen LogP contribution in [0.25, 0.3) is 16.9 Å². The molecule has 1 aliphatic heterocycles. The summed E-state index contributed by atoms with van der Waals surface area (Å²) in [5.41, 5.74) is 5.29. The van der Waals surface area contributed by atoms with Crippen molar-refractivity contribution in [2.45, 2.75) is 59.0 Å². The van der Waals surface area contributed by atoms with Crippen LogP contribution < -0.4 is 16.2 Å². The normalized spacial score (nSPS) is 14.1. The minimum atomic E-state index is -0.0867. The van der Waals surface area contributed by atoms with E-state index < -0.39 is 0 Å². The number of benzene rings is 1. The van der Waals surface area contributed by atoms with E-state index >= 15 is 0 Å². The third-order valence-electron chi connectivity index (χ3n) is 6.54. The van der Waals surface area contributed by atoms with Gasteiger partial charge in [0.05, 0.1) is 0 Å². The Bertz CT molecular complexity index is 1430. The van der Waals surface area contributed by atoms with Crippen molar-refractivity contribution < 1.29 is 0 Å². The van der Waals surface area contributed by atoms with Gasteiger partial charge in [0.15, 0.2) is 5.65 Å². The topological polar surface area (TPSA) is 81.7 Å². The first-order valence-electron chi connectivity index (χ1n) is 11.9. The Morgan fingerprint density at radius 3 is 2.62 bits per heavy atom. The fraction of sp³-hybridized carbons (Fsp3) is 0.423. The average molecular weight is 460 g/mol. The van der Waals surface area contributed by atoms with Crippen LogP contribution in [0.15, 0.2) is 41.3 Å². The average Bonchev–Trinajstić information content (AvgIpc) is 3.30. The molecule has 2 N–H and O–H groups in total. The second kappa shape index (κ2) is 8.13. The molecule has 178 valence electrons. The first-order chi connectivity index (χ1) is 16.1. The third kappa shape index (κ3) is 3.72. The Morgan fingerprint density at radius 2 is 1.91 bits per heavy atom. The van der Waals surface area contributed by atoms with E-state index in [1.807, 2.05) is 25.6 Å². The summed E-state index contributed by atoms with van der Waals surface area (Å²) < 4.78 is 5.84. The number of fused-ring (bicyclic) bond motifs is 2. The molecule has 3 aromatic heterocycles. The molecular weight excluding hydrogens is 426 g/mol. The zero-order valence-corrected chi connectivity index (χ0v) is 20.8. The van der Waals surface area contributed by atoms with Crippen molar-refractivity contribution in [3.05, 3.63) is 63.7 Å². The molecule has 1 aromatic carbocycles. The lowest BCUT2D eigenvalue weighted by Gasteiger charge is -2.22. The number of nitrogens with zero attached hydrogens (tertiary/aromatic N) is 5. The van der Waals surface area contributed by atoms with Crippen molar-refractivity contribution in [2.24, 2.45) is 7.05 Å². The van der Waals surface area contributed by atoms with Crippen molar-refractivity contribution in [2.75, 3.05) is 11.9 Å². The van der Waals surface area contributed by atoms with Gasteiger partial charge in [-0.05, 0) is 62.2 Å². The van der Waals surface area contributed by atoms with Crippen LogP contribution in [0.4, 0.5) is 11.6 Å². The standard InChI is InChI=1S/C26H33N7O/c1-16(2)32-24(34)20-15-28-25(29-19-8-7-18-14-27-12-11-17(18)13-19)30-23(20)33(32)22-10-9-21(31(22)6)26(3,4)5/h7-10,13,15-16,27H,11-12,14H2,1-6H3,(H,28,29,30). The summed E-state index contributed by atoms with van der Waals surface area (Å²) in [6.07, 6.45) is 2.64. The highest BCUT2D eigenvalue weighted by Gasteiger charge is 2.24. The van der Waals surface area contributed by atoms with E-state index in [9.17, 15) is 4.79 Å². The molecule has 0 fully saturated rings. The highest BCUT2D eigenvalue weighted by atomic mass is 16.1. The van der Waals surface area contributed by atoms with Crippen molar-refractivity contribution in [1.82, 2.24) is 29.2 Å². The fourth-order valence-electron chi connectivity index (χ4n) is 4.90. The summed E-state index contributed by atoms with van der Waals surface area (Å²) in [6, 6.07) is 10.5. The number of anilines is 2. The van der Waals surface area contributed by atoms with Gasteiger partial charge in [0, 0.05) is 42.6 Å². The Labute approximate surface area is 199 Å². The maximum absolute atomic E-state index is 13.3. The van der Waals surface area contributed by atoms with Gasteiger partial charge in [0.1, 0.15) is 11.2 Å². The lowest BCUT2D eigenvalue weighted by molar-refractivity contribution is 0.461. The number of rotatable bonds is 4. The van der Waals surface area contributed by atoms with Crippen molar-refractivity contribution in [3.63, 3.8) is 0 Å². The molecule has 0 aliphatic carbocycles. The van der Waals surface area contributed by atoms with E-state index in [-0.39, 0.29) is 17.0 Å². The highest BCUT2D eigenvalue weighted by Crippen LogP contribution is 2.28. The molecule has 34 heavy (non-hydrogen) atoms. The van der Waals surface area contributed by atoms with Crippen LogP contribution in [0.3, 0.4) is 0 Å². The smallest absolute Gasteiger partial charge is 0.278 e. The van der Waals surface area contributed by atoms with Gasteiger partial charge < -0.3 is 15.2 Å². The quantitative estimate of drug-likeness (QED) is 0.478. The largest absolute Gasteiger partial charge is 0.333 e. The number of hydrogen-bond acceptors (Lipinski definition) is 5. The molecule has 0 bridgehead atoms. The molecule has 8 nitrogen and oxygen atoms in total. The Morgan fingerprint density at radius 1 is 1.12 bits per heavy atom. The van der Waals surface area contributed by atoms with Gasteiger partial charge in [-0.3, -0.25) is 4.79 Å². The van der Waals surface area contributed by atoms with E-state index in [4.69, 9.17) is 4.98 Å². The summed E-state index contributed by atoms with van der Waals surface area (Å²) in [5, 5.41) is 7.26. The molecule has 1 aliphatic rings. The summed E-state index contributed by atoms with van der Waals surface area (Å²) >= 11 is 0. The molecule has 0 radical (unpaired) electrons. The molecule has 0 unspecified atom stereocenters. The number of aromatic nitrogens is 5. The van der Waals surface area contributed by atoms with Crippen LogP contribution in [0.1, 0.15) is 57.5 Å². The monoisotopic (exact) mass is 459 g/mol. The minimum absolute atomic E-state index is 0.0252. The van der Waals surface area contributed by atoms with Crippen molar-refractivity contribution >= 4 is 22.7 Å². The molecule has 5 rings (SSSR count). The predicted octanol–water partition coefficient (Wildman–Crippen LogP) is 4.19. The zero-order valence-electron chi connectivity index (χ0n) is 20.8. The van der Waals surface area contributed by atoms with Gasteiger partial charge in [-0.1, -0.05) is 26.8 Å². The number of nitrogens with one attached hydrogen (secondary N) is 2. The van der Waals surface area contributed by atoms with E-state index in [0.29, 0.717) is 17.0 Å². The summed E-state index contributed by atoms with van der Waals surface area (Å²) in [4.78, 5) is 22.6. The maximum Gasteiger partial charge on any atom is 0.278 e. The predicted molar refractivity (Wildman–Crippen MR) is 136 cm³/mol. The van der Waals surface area contributed by atoms with Gasteiger partial charge >= 0.3 is 0 Å². The molecule has 0 amide bonds. The molecule has 0 saturated carbocycles. The third-order valence-corrected chi connectivity index (χ3v) is 6.54. The highest BCUT2D eigenvalue weighted by molar-refractivity contribution is 5.77. The first-order valence-corrected chi connectivity index (χ1v) is 11.9. The molecule has 0 saturated heterocycles. The van der Waals surface area contributed by atoms with Crippen molar-refractivity contribution in [3.8, 4) is 5.82 Å². The zero-order chi connectivity index (χ0) is 24.2. The molecule has 8 heteroatoms. The van der Waals surface area contributed by atoms with Gasteiger partial charge in [-0.15, -0.1) is 0 Å². The van der Waals surface area contributed by atoms with Crippen LogP contribution in [0.2, 0.25) is 0 Å². The SMILES string of the molecule is CC(C)n1c(=O)c2cnc(Nc3ccc4c(c3)CCNC4)nc2n1-c1ccc(C(C)(C)C)n1C. The molecule has 4 aromatic rings. The Kier molecular flexibility index (Phi) is 5.36. The van der Waals surface area contributed by atoms with E-state index in [2.05, 4.69) is 71.3 Å². The van der Waals surface area contributed by atoms with Gasteiger partial charge in [0.2, 0.25) is 5.95 Å². The lowest BCUT2D eigenvalue weighted by Crippen LogP contribution is -2.26. The van der Waals surface area contributed by atoms with Crippen LogP contribution in [0.5, 0.6) is 0 Å². The maximum atomic E-state index is 13.3. The van der Waals surface area contributed by atoms with Crippen LogP contribution in [0, 0.1) is 0 Å². The summed E-state index contributed by atoms with van der Waals surface area (Å²) in [6.45, 7) is 12.5. The van der Waals surface area contributed by atoms with Crippen LogP contribution in [-0.4, -0.2) is 30.4 Å². The van der Waals surface area contributed by atoms with E-state index in [0.717, 1.165) is 31.0 Å². The molecule has 0 atom stereocenters. The molecule has 0 spiro atoms. The van der Waals surface area contributed by atoms with Crippen molar-refractivity contribution in [1.29, 1.82) is 0 Å². The van der Waals surface area contributed by atoms with Crippen LogP contribution >= 0.6 is 0 Å². The minimum Gasteiger partial charge on any atom is -0.333 e. The molecule has 4 heterocycles. The second-order valence-corrected chi connectivity index (χ2v) is 10.4.